The molecule has 0 aliphatic heterocycles. The van der Waals surface area contributed by atoms with Crippen molar-refractivity contribution in [2.24, 2.45) is 0 Å². The highest BCUT2D eigenvalue weighted by Crippen LogP contribution is 2.24. The maximum atomic E-state index is 12.9. The Hall–Kier alpha value is -3.16. The van der Waals surface area contributed by atoms with Gasteiger partial charge in [-0.15, -0.1) is 0 Å². The van der Waals surface area contributed by atoms with E-state index in [1.807, 2.05) is 44.2 Å². The number of benzene rings is 2. The molecule has 0 spiro atoms. The van der Waals surface area contributed by atoms with Crippen LogP contribution in [0, 0.1) is 0 Å². The third kappa shape index (κ3) is 5.71. The number of methoxy groups -OCH3 is 1. The summed E-state index contributed by atoms with van der Waals surface area (Å²) in [5.74, 6) is -0.365. The molecule has 8 heteroatoms. The quantitative estimate of drug-likeness (QED) is 0.550. The molecule has 0 radical (unpaired) electrons. The summed E-state index contributed by atoms with van der Waals surface area (Å²) in [6.07, 6.45) is 1.58. The fraction of sp³-hybridized carbons (Fsp3) is 0.261. The van der Waals surface area contributed by atoms with Crippen LogP contribution in [0.3, 0.4) is 0 Å². The molecule has 2 N–H and O–H groups in total. The summed E-state index contributed by atoms with van der Waals surface area (Å²) in [5.41, 5.74) is 3.69. The van der Waals surface area contributed by atoms with E-state index in [0.29, 0.717) is 22.8 Å². The Labute approximate surface area is 186 Å². The maximum absolute atomic E-state index is 12.9. The highest BCUT2D eigenvalue weighted by Gasteiger charge is 2.20. The molecule has 7 nitrogen and oxygen atoms in total. The minimum absolute atomic E-state index is 0.0173. The molecule has 3 aromatic rings. The zero-order valence-electron chi connectivity index (χ0n) is 17.7. The van der Waals surface area contributed by atoms with Crippen molar-refractivity contribution in [3.8, 4) is 5.69 Å². The Bertz CT molecular complexity index is 1060. The van der Waals surface area contributed by atoms with Crippen molar-refractivity contribution in [2.75, 3.05) is 19.0 Å². The number of rotatable bonds is 8. The smallest absolute Gasteiger partial charge is 0.255 e. The first-order valence-electron chi connectivity index (χ1n) is 9.89. The number of anilines is 1. The molecule has 1 aromatic heterocycles. The van der Waals surface area contributed by atoms with Gasteiger partial charge in [0.1, 0.15) is 6.61 Å². The lowest BCUT2D eigenvalue weighted by Crippen LogP contribution is -2.24. The molecular weight excluding hydrogens is 416 g/mol. The normalized spacial score (nSPS) is 10.9. The van der Waals surface area contributed by atoms with Crippen molar-refractivity contribution in [1.82, 2.24) is 15.1 Å². The van der Waals surface area contributed by atoms with Crippen molar-refractivity contribution >= 4 is 29.1 Å². The van der Waals surface area contributed by atoms with Gasteiger partial charge in [-0.1, -0.05) is 37.6 Å². The van der Waals surface area contributed by atoms with E-state index in [0.717, 1.165) is 16.9 Å². The molecule has 0 unspecified atom stereocenters. The number of nitrogens with zero attached hydrogens (tertiary/aromatic N) is 2. The molecule has 0 saturated carbocycles. The van der Waals surface area contributed by atoms with Crippen LogP contribution in [0.15, 0.2) is 54.7 Å². The summed E-state index contributed by atoms with van der Waals surface area (Å²) in [6.45, 7) is 4.34. The Morgan fingerprint density at radius 1 is 1.16 bits per heavy atom. The molecule has 0 saturated heterocycles. The maximum Gasteiger partial charge on any atom is 0.255 e. The van der Waals surface area contributed by atoms with Gasteiger partial charge in [-0.25, -0.2) is 4.68 Å². The molecule has 3 rings (SSSR count). The molecule has 0 atom stereocenters. The number of hydrogen-bond acceptors (Lipinski definition) is 4. The van der Waals surface area contributed by atoms with E-state index < -0.39 is 0 Å². The standard InChI is InChI=1S/C23H25ClN4O3/c1-15(2)22-20(13-26-28(22)19-9-7-17(24)8-10-19)23(30)25-12-16-5-4-6-18(11-16)27-21(29)14-31-3/h4-11,13,15H,12,14H2,1-3H3,(H,25,30)(H,27,29). The van der Waals surface area contributed by atoms with Crippen LogP contribution in [0.2, 0.25) is 5.02 Å². The number of hydrogen-bond donors (Lipinski definition) is 2. The number of ether oxygens (including phenoxy) is 1. The molecule has 1 heterocycles. The van der Waals surface area contributed by atoms with E-state index >= 15 is 0 Å². The minimum Gasteiger partial charge on any atom is -0.375 e. The Morgan fingerprint density at radius 2 is 1.90 bits per heavy atom. The molecule has 162 valence electrons. The number of halogens is 1. The topological polar surface area (TPSA) is 85.2 Å². The van der Waals surface area contributed by atoms with Gasteiger partial charge in [0.25, 0.3) is 5.91 Å². The molecule has 0 aliphatic carbocycles. The highest BCUT2D eigenvalue weighted by atomic mass is 35.5. The van der Waals surface area contributed by atoms with Crippen LogP contribution < -0.4 is 10.6 Å². The van der Waals surface area contributed by atoms with Crippen molar-refractivity contribution < 1.29 is 14.3 Å². The Kier molecular flexibility index (Phi) is 7.44. The van der Waals surface area contributed by atoms with E-state index in [2.05, 4.69) is 15.7 Å². The van der Waals surface area contributed by atoms with Gasteiger partial charge >= 0.3 is 0 Å². The van der Waals surface area contributed by atoms with Crippen LogP contribution in [0.4, 0.5) is 5.69 Å². The largest absolute Gasteiger partial charge is 0.375 e. The second kappa shape index (κ2) is 10.2. The molecule has 2 amide bonds. The van der Waals surface area contributed by atoms with Crippen molar-refractivity contribution in [3.05, 3.63) is 76.6 Å². The fourth-order valence-electron chi connectivity index (χ4n) is 3.24. The van der Waals surface area contributed by atoms with Gasteiger partial charge in [0.15, 0.2) is 0 Å². The summed E-state index contributed by atoms with van der Waals surface area (Å²) in [6, 6.07) is 14.6. The number of carbonyl (C=O) groups is 2. The number of nitrogens with one attached hydrogen (secondary N) is 2. The monoisotopic (exact) mass is 440 g/mol. The third-order valence-corrected chi connectivity index (χ3v) is 4.86. The van der Waals surface area contributed by atoms with Gasteiger partial charge in [0, 0.05) is 24.4 Å². The molecule has 0 bridgehead atoms. The van der Waals surface area contributed by atoms with Crippen LogP contribution in [-0.2, 0) is 16.1 Å². The lowest BCUT2D eigenvalue weighted by molar-refractivity contribution is -0.119. The second-order valence-corrected chi connectivity index (χ2v) is 7.79. The van der Waals surface area contributed by atoms with E-state index in [4.69, 9.17) is 16.3 Å². The summed E-state index contributed by atoms with van der Waals surface area (Å²) in [7, 11) is 1.46. The summed E-state index contributed by atoms with van der Waals surface area (Å²) in [4.78, 5) is 24.6. The van der Waals surface area contributed by atoms with Gasteiger partial charge in [0.2, 0.25) is 5.91 Å². The molecular formula is C23H25ClN4O3. The first-order chi connectivity index (χ1) is 14.9. The minimum atomic E-state index is -0.236. The van der Waals surface area contributed by atoms with Crippen molar-refractivity contribution in [1.29, 1.82) is 0 Å². The van der Waals surface area contributed by atoms with E-state index in [-0.39, 0.29) is 24.3 Å². The Morgan fingerprint density at radius 3 is 2.58 bits per heavy atom. The highest BCUT2D eigenvalue weighted by molar-refractivity contribution is 6.30. The van der Waals surface area contributed by atoms with E-state index in [9.17, 15) is 9.59 Å². The third-order valence-electron chi connectivity index (χ3n) is 4.61. The zero-order valence-corrected chi connectivity index (χ0v) is 18.4. The van der Waals surface area contributed by atoms with E-state index in [1.165, 1.54) is 7.11 Å². The lowest BCUT2D eigenvalue weighted by Gasteiger charge is -2.13. The molecule has 2 aromatic carbocycles. The van der Waals surface area contributed by atoms with Crippen molar-refractivity contribution in [3.63, 3.8) is 0 Å². The predicted octanol–water partition coefficient (Wildman–Crippen LogP) is 4.16. The SMILES string of the molecule is COCC(=O)Nc1cccc(CNC(=O)c2cnn(-c3ccc(Cl)cc3)c2C(C)C)c1. The Balaban J connectivity index is 1.74. The van der Waals surface area contributed by atoms with Crippen LogP contribution >= 0.6 is 11.6 Å². The van der Waals surface area contributed by atoms with Gasteiger partial charge in [0.05, 0.1) is 23.1 Å². The first kappa shape index (κ1) is 22.5. The molecule has 31 heavy (non-hydrogen) atoms. The molecule has 0 fully saturated rings. The van der Waals surface area contributed by atoms with Crippen LogP contribution in [0.1, 0.15) is 41.4 Å². The average Bonchev–Trinajstić information content (AvgIpc) is 3.18. The lowest BCUT2D eigenvalue weighted by atomic mass is 10.0. The summed E-state index contributed by atoms with van der Waals surface area (Å²) >= 11 is 5.99. The second-order valence-electron chi connectivity index (χ2n) is 7.35. The zero-order chi connectivity index (χ0) is 22.4. The first-order valence-corrected chi connectivity index (χ1v) is 10.3. The van der Waals surface area contributed by atoms with Gasteiger partial charge in [-0.3, -0.25) is 9.59 Å². The summed E-state index contributed by atoms with van der Waals surface area (Å²) < 4.78 is 6.59. The molecule has 0 aliphatic rings. The number of carbonyl (C=O) groups excluding carboxylic acids is 2. The van der Waals surface area contributed by atoms with Crippen LogP contribution in [0.5, 0.6) is 0 Å². The van der Waals surface area contributed by atoms with Crippen LogP contribution in [-0.4, -0.2) is 35.3 Å². The van der Waals surface area contributed by atoms with Crippen molar-refractivity contribution in [2.45, 2.75) is 26.3 Å². The number of aromatic nitrogens is 2. The average molecular weight is 441 g/mol. The van der Waals surface area contributed by atoms with Crippen LogP contribution in [0.25, 0.3) is 5.69 Å². The van der Waals surface area contributed by atoms with Gasteiger partial charge in [-0.05, 0) is 47.9 Å². The van der Waals surface area contributed by atoms with Gasteiger partial charge < -0.3 is 15.4 Å². The summed E-state index contributed by atoms with van der Waals surface area (Å²) in [5, 5.41) is 10.8. The fourth-order valence-corrected chi connectivity index (χ4v) is 3.37. The van der Waals surface area contributed by atoms with E-state index in [1.54, 1.807) is 29.1 Å². The number of amides is 2. The van der Waals surface area contributed by atoms with Gasteiger partial charge in [-0.2, -0.15) is 5.10 Å². The predicted molar refractivity (Wildman–Crippen MR) is 121 cm³/mol.